The first-order valence-corrected chi connectivity index (χ1v) is 13.7. The van der Waals surface area contributed by atoms with Gasteiger partial charge in [-0.15, -0.1) is 0 Å². The SMILES string of the molecule is CC(C)(C)C(=O)CCS(=O)CCC(=O)OCCOC(=O)CCS(=O)CCC(=O)C(C)(C)C. The molecule has 0 aromatic carbocycles. The van der Waals surface area contributed by atoms with Crippen molar-refractivity contribution in [1.82, 2.24) is 0 Å². The Hall–Kier alpha value is -1.42. The number of carbonyl (C=O) groups excluding carboxylic acids is 4. The molecule has 0 aromatic heterocycles. The Morgan fingerprint density at radius 2 is 0.844 bits per heavy atom. The summed E-state index contributed by atoms with van der Waals surface area (Å²) in [6, 6.07) is 0. The molecule has 0 bridgehead atoms. The maximum absolute atomic E-state index is 11.9. The molecular weight excluding hydrogens is 456 g/mol. The molecule has 2 unspecified atom stereocenters. The number of rotatable bonds is 15. The summed E-state index contributed by atoms with van der Waals surface area (Å²) in [5.74, 6) is -0.407. The van der Waals surface area contributed by atoms with E-state index in [9.17, 15) is 27.6 Å². The van der Waals surface area contributed by atoms with E-state index in [-0.39, 0.29) is 73.5 Å². The van der Waals surface area contributed by atoms with Crippen LogP contribution < -0.4 is 0 Å². The van der Waals surface area contributed by atoms with E-state index in [0.29, 0.717) is 0 Å². The number of carbonyl (C=O) groups is 4. The van der Waals surface area contributed by atoms with Gasteiger partial charge in [-0.3, -0.25) is 27.6 Å². The van der Waals surface area contributed by atoms with Crippen LogP contribution in [-0.4, -0.2) is 68.1 Å². The van der Waals surface area contributed by atoms with E-state index in [1.54, 1.807) is 41.5 Å². The zero-order valence-corrected chi connectivity index (χ0v) is 21.8. The highest BCUT2D eigenvalue weighted by Gasteiger charge is 2.22. The molecule has 0 saturated carbocycles. The lowest BCUT2D eigenvalue weighted by atomic mass is 9.89. The van der Waals surface area contributed by atoms with E-state index in [1.807, 2.05) is 0 Å². The van der Waals surface area contributed by atoms with Crippen molar-refractivity contribution in [2.24, 2.45) is 10.8 Å². The molecule has 0 aliphatic rings. The van der Waals surface area contributed by atoms with Crippen LogP contribution in [0, 0.1) is 10.8 Å². The van der Waals surface area contributed by atoms with Crippen molar-refractivity contribution >= 4 is 45.1 Å². The van der Waals surface area contributed by atoms with Crippen molar-refractivity contribution < 1.29 is 37.1 Å². The lowest BCUT2D eigenvalue weighted by Crippen LogP contribution is -2.23. The first-order chi connectivity index (χ1) is 14.6. The van der Waals surface area contributed by atoms with Crippen molar-refractivity contribution in [3.05, 3.63) is 0 Å². The fourth-order valence-corrected chi connectivity index (χ4v) is 4.24. The molecule has 0 aromatic rings. The zero-order valence-electron chi connectivity index (χ0n) is 20.2. The minimum absolute atomic E-state index is 0.0254. The van der Waals surface area contributed by atoms with Crippen molar-refractivity contribution in [3.63, 3.8) is 0 Å². The van der Waals surface area contributed by atoms with Gasteiger partial charge in [0.25, 0.3) is 0 Å². The Balaban J connectivity index is 3.87. The van der Waals surface area contributed by atoms with Gasteiger partial charge in [0.2, 0.25) is 0 Å². The molecule has 8 nitrogen and oxygen atoms in total. The summed E-state index contributed by atoms with van der Waals surface area (Å²) in [6.07, 6.45) is 0.324. The molecule has 0 radical (unpaired) electrons. The summed E-state index contributed by atoms with van der Waals surface area (Å²) < 4.78 is 33.7. The molecule has 0 N–H and O–H groups in total. The van der Waals surface area contributed by atoms with Crippen molar-refractivity contribution in [2.45, 2.75) is 67.2 Å². The largest absolute Gasteiger partial charge is 0.462 e. The van der Waals surface area contributed by atoms with Gasteiger partial charge in [-0.2, -0.15) is 0 Å². The first-order valence-electron chi connectivity index (χ1n) is 10.7. The minimum atomic E-state index is -1.28. The third kappa shape index (κ3) is 15.4. The zero-order chi connectivity index (χ0) is 24.9. The van der Waals surface area contributed by atoms with Gasteiger partial charge in [-0.1, -0.05) is 41.5 Å². The molecule has 186 valence electrons. The number of esters is 2. The Morgan fingerprint density at radius 3 is 1.12 bits per heavy atom. The van der Waals surface area contributed by atoms with Crippen LogP contribution >= 0.6 is 0 Å². The summed E-state index contributed by atoms with van der Waals surface area (Å²) in [4.78, 5) is 47.0. The molecule has 0 aliphatic carbocycles. The van der Waals surface area contributed by atoms with E-state index in [0.717, 1.165) is 0 Å². The molecule has 0 amide bonds. The van der Waals surface area contributed by atoms with Gasteiger partial charge in [0.1, 0.15) is 24.8 Å². The molecule has 0 rings (SSSR count). The average molecular weight is 495 g/mol. The summed E-state index contributed by atoms with van der Waals surface area (Å²) >= 11 is 0. The topological polar surface area (TPSA) is 121 Å². The summed E-state index contributed by atoms with van der Waals surface area (Å²) in [7, 11) is -2.57. The smallest absolute Gasteiger partial charge is 0.306 e. The predicted molar refractivity (Wildman–Crippen MR) is 125 cm³/mol. The van der Waals surface area contributed by atoms with Gasteiger partial charge in [-0.05, 0) is 0 Å². The highest BCUT2D eigenvalue weighted by atomic mass is 32.2. The lowest BCUT2D eigenvalue weighted by molar-refractivity contribution is -0.151. The second-order valence-electron chi connectivity index (χ2n) is 9.48. The predicted octanol–water partition coefficient (Wildman–Crippen LogP) is 2.36. The van der Waals surface area contributed by atoms with Gasteiger partial charge >= 0.3 is 11.9 Å². The van der Waals surface area contributed by atoms with Gasteiger partial charge in [0.05, 0.1) is 12.8 Å². The Bertz CT molecular complexity index is 642. The molecular formula is C22H38O8S2. The van der Waals surface area contributed by atoms with E-state index >= 15 is 0 Å². The highest BCUT2D eigenvalue weighted by Crippen LogP contribution is 2.17. The monoisotopic (exact) mass is 494 g/mol. The molecule has 0 fully saturated rings. The van der Waals surface area contributed by atoms with Crippen LogP contribution in [0.4, 0.5) is 0 Å². The molecule has 0 spiro atoms. The molecule has 0 aliphatic heterocycles. The van der Waals surface area contributed by atoms with Crippen LogP contribution in [0.1, 0.15) is 67.2 Å². The van der Waals surface area contributed by atoms with Crippen molar-refractivity contribution in [3.8, 4) is 0 Å². The van der Waals surface area contributed by atoms with Crippen LogP contribution in [0.5, 0.6) is 0 Å². The Morgan fingerprint density at radius 1 is 0.562 bits per heavy atom. The van der Waals surface area contributed by atoms with Crippen LogP contribution in [0.3, 0.4) is 0 Å². The number of hydrogen-bond donors (Lipinski definition) is 0. The average Bonchev–Trinajstić information content (AvgIpc) is 2.68. The second kappa shape index (κ2) is 14.7. The standard InChI is InChI=1S/C22H38O8S2/c1-21(2,3)17(23)7-13-31(27)15-9-19(25)29-11-12-30-20(26)10-16-32(28)14-8-18(24)22(4,5)6/h7-16H2,1-6H3. The molecule has 10 heteroatoms. The molecule has 2 atom stereocenters. The van der Waals surface area contributed by atoms with Gasteiger partial charge in [-0.25, -0.2) is 0 Å². The fraction of sp³-hybridized carbons (Fsp3) is 0.818. The van der Waals surface area contributed by atoms with Gasteiger partial charge in [0.15, 0.2) is 0 Å². The quantitative estimate of drug-likeness (QED) is 0.251. The Labute approximate surface area is 196 Å². The van der Waals surface area contributed by atoms with E-state index in [1.165, 1.54) is 0 Å². The summed E-state index contributed by atoms with van der Waals surface area (Å²) in [5.41, 5.74) is -0.943. The number of ether oxygens (including phenoxy) is 2. The number of hydrogen-bond acceptors (Lipinski definition) is 8. The minimum Gasteiger partial charge on any atom is -0.462 e. The Kier molecular flexibility index (Phi) is 14.0. The van der Waals surface area contributed by atoms with Gasteiger partial charge < -0.3 is 9.47 Å². The maximum atomic E-state index is 11.9. The van der Waals surface area contributed by atoms with E-state index in [4.69, 9.17) is 9.47 Å². The van der Waals surface area contributed by atoms with Crippen LogP contribution in [0.25, 0.3) is 0 Å². The summed E-state index contributed by atoms with van der Waals surface area (Å²) in [6.45, 7) is 10.6. The third-order valence-corrected chi connectivity index (χ3v) is 7.10. The molecule has 0 heterocycles. The second-order valence-corrected chi connectivity index (χ2v) is 12.9. The molecule has 0 saturated heterocycles. The van der Waals surface area contributed by atoms with E-state index in [2.05, 4.69) is 0 Å². The van der Waals surface area contributed by atoms with Crippen molar-refractivity contribution in [2.75, 3.05) is 36.2 Å². The van der Waals surface area contributed by atoms with Crippen LogP contribution in [0.15, 0.2) is 0 Å². The highest BCUT2D eigenvalue weighted by molar-refractivity contribution is 7.85. The third-order valence-electron chi connectivity index (χ3n) is 4.46. The van der Waals surface area contributed by atoms with E-state index < -0.39 is 44.4 Å². The fourth-order valence-electron chi connectivity index (χ4n) is 2.22. The number of Topliss-reactive ketones (excluding diaryl/α,β-unsaturated/α-hetero) is 2. The van der Waals surface area contributed by atoms with Crippen LogP contribution in [0.2, 0.25) is 0 Å². The lowest BCUT2D eigenvalue weighted by Gasteiger charge is -2.16. The maximum Gasteiger partial charge on any atom is 0.306 e. The van der Waals surface area contributed by atoms with Crippen molar-refractivity contribution in [1.29, 1.82) is 0 Å². The van der Waals surface area contributed by atoms with Crippen LogP contribution in [-0.2, 0) is 50.3 Å². The molecule has 32 heavy (non-hydrogen) atoms. The number of ketones is 2. The summed E-state index contributed by atoms with van der Waals surface area (Å²) in [5, 5.41) is 0. The normalized spacial score (nSPS) is 13.8. The first kappa shape index (κ1) is 30.6. The van der Waals surface area contributed by atoms with Gasteiger partial charge in [0, 0.05) is 68.3 Å².